The van der Waals surface area contributed by atoms with Crippen molar-refractivity contribution < 1.29 is 9.90 Å². The molecule has 1 aromatic heterocycles. The van der Waals surface area contributed by atoms with Gasteiger partial charge in [0.2, 0.25) is 0 Å². The van der Waals surface area contributed by atoms with E-state index in [2.05, 4.69) is 19.2 Å². The summed E-state index contributed by atoms with van der Waals surface area (Å²) in [5, 5.41) is 12.3. The molecule has 0 bridgehead atoms. The van der Waals surface area contributed by atoms with Crippen LogP contribution in [0.4, 0.5) is 5.69 Å². The quantitative estimate of drug-likeness (QED) is 0.769. The number of aryl methyl sites for hydroxylation is 1. The number of thioether (sulfide) groups is 1. The predicted molar refractivity (Wildman–Crippen MR) is 60.8 cm³/mol. The number of carboxylic acids is 1. The molecule has 0 atom stereocenters. The van der Waals surface area contributed by atoms with Crippen LogP contribution in [0, 0.1) is 0 Å². The van der Waals surface area contributed by atoms with Crippen molar-refractivity contribution in [2.24, 2.45) is 7.05 Å². The molecule has 1 aromatic rings. The number of aromatic nitrogens is 1. The highest BCUT2D eigenvalue weighted by Crippen LogP contribution is 2.43. The molecular weight excluding hydrogens is 212 g/mol. The molecule has 15 heavy (non-hydrogen) atoms. The number of anilines is 1. The minimum absolute atomic E-state index is 0.115. The van der Waals surface area contributed by atoms with Gasteiger partial charge in [0.1, 0.15) is 0 Å². The third kappa shape index (κ3) is 1.71. The Balaban J connectivity index is 2.48. The lowest BCUT2D eigenvalue weighted by atomic mass is 10.2. The van der Waals surface area contributed by atoms with Gasteiger partial charge in [-0.1, -0.05) is 0 Å². The summed E-state index contributed by atoms with van der Waals surface area (Å²) in [6, 6.07) is 0. The zero-order valence-corrected chi connectivity index (χ0v) is 9.81. The van der Waals surface area contributed by atoms with Crippen molar-refractivity contribution >= 4 is 23.4 Å². The highest BCUT2D eigenvalue weighted by molar-refractivity contribution is 8.00. The Morgan fingerprint density at radius 1 is 1.67 bits per heavy atom. The van der Waals surface area contributed by atoms with E-state index in [1.54, 1.807) is 23.4 Å². The van der Waals surface area contributed by atoms with Gasteiger partial charge in [0.25, 0.3) is 0 Å². The average Bonchev–Trinajstić information content (AvgIpc) is 2.37. The van der Waals surface area contributed by atoms with Crippen molar-refractivity contribution in [3.8, 4) is 0 Å². The Labute approximate surface area is 92.7 Å². The van der Waals surface area contributed by atoms with Crippen molar-refractivity contribution in [2.45, 2.75) is 23.5 Å². The van der Waals surface area contributed by atoms with Gasteiger partial charge in [-0.25, -0.2) is 4.79 Å². The molecule has 0 saturated carbocycles. The monoisotopic (exact) mass is 226 g/mol. The minimum Gasteiger partial charge on any atom is -0.477 e. The summed E-state index contributed by atoms with van der Waals surface area (Å²) >= 11 is 1.72. The number of fused-ring (bicyclic) bond motifs is 1. The predicted octanol–water partition coefficient (Wildman–Crippen LogP) is 2.02. The van der Waals surface area contributed by atoms with Gasteiger partial charge in [-0.05, 0) is 13.8 Å². The smallest absolute Gasteiger partial charge is 0.354 e. The first-order chi connectivity index (χ1) is 6.91. The van der Waals surface area contributed by atoms with Gasteiger partial charge in [-0.2, -0.15) is 0 Å². The lowest BCUT2D eigenvalue weighted by Gasteiger charge is -2.29. The molecule has 1 aliphatic heterocycles. The summed E-state index contributed by atoms with van der Waals surface area (Å²) in [5.41, 5.74) is 1.10. The molecule has 1 aliphatic rings. The standard InChI is InChI=1S/C10H14N2O2S/c1-10(2)5-11-7-6(15-10)4-12(3)8(7)9(13)14/h4,11H,5H2,1-3H3,(H,13,14). The lowest BCUT2D eigenvalue weighted by molar-refractivity contribution is 0.0687. The van der Waals surface area contributed by atoms with Crippen LogP contribution in [-0.2, 0) is 7.05 Å². The van der Waals surface area contributed by atoms with Gasteiger partial charge in [0, 0.05) is 29.4 Å². The van der Waals surface area contributed by atoms with Crippen LogP contribution < -0.4 is 5.32 Å². The van der Waals surface area contributed by atoms with E-state index < -0.39 is 5.97 Å². The molecule has 0 saturated heterocycles. The van der Waals surface area contributed by atoms with E-state index in [0.29, 0.717) is 5.69 Å². The fourth-order valence-electron chi connectivity index (χ4n) is 1.74. The number of carboxylic acid groups (broad SMARTS) is 1. The summed E-state index contributed by atoms with van der Waals surface area (Å²) in [5.74, 6) is -0.883. The Hall–Kier alpha value is -1.10. The normalized spacial score (nSPS) is 18.1. The summed E-state index contributed by atoms with van der Waals surface area (Å²) in [6.07, 6.45) is 1.87. The second kappa shape index (κ2) is 3.20. The first-order valence-corrected chi connectivity index (χ1v) is 5.58. The molecule has 5 heteroatoms. The second-order valence-corrected chi connectivity index (χ2v) is 6.10. The van der Waals surface area contributed by atoms with Gasteiger partial charge in [-0.15, -0.1) is 11.8 Å². The van der Waals surface area contributed by atoms with Crippen LogP contribution in [0.1, 0.15) is 24.3 Å². The molecule has 2 rings (SSSR count). The van der Waals surface area contributed by atoms with Gasteiger partial charge in [-0.3, -0.25) is 0 Å². The van der Waals surface area contributed by atoms with E-state index in [4.69, 9.17) is 5.11 Å². The van der Waals surface area contributed by atoms with Crippen LogP contribution >= 0.6 is 11.8 Å². The third-order valence-electron chi connectivity index (χ3n) is 2.43. The highest BCUT2D eigenvalue weighted by atomic mass is 32.2. The molecule has 0 radical (unpaired) electrons. The van der Waals surface area contributed by atoms with Crippen LogP contribution in [-0.4, -0.2) is 26.9 Å². The number of carbonyl (C=O) groups is 1. The van der Waals surface area contributed by atoms with Gasteiger partial charge < -0.3 is 15.0 Å². The molecule has 2 heterocycles. The maximum absolute atomic E-state index is 11.0. The zero-order valence-electron chi connectivity index (χ0n) is 9.00. The molecule has 0 unspecified atom stereocenters. The molecule has 0 spiro atoms. The average molecular weight is 226 g/mol. The summed E-state index contributed by atoms with van der Waals surface area (Å²) in [4.78, 5) is 12.1. The molecule has 82 valence electrons. The van der Waals surface area contributed by atoms with Crippen molar-refractivity contribution in [2.75, 3.05) is 11.9 Å². The minimum atomic E-state index is -0.883. The Bertz CT molecular complexity index is 423. The van der Waals surface area contributed by atoms with E-state index >= 15 is 0 Å². The van der Waals surface area contributed by atoms with Gasteiger partial charge in [0.15, 0.2) is 5.69 Å². The fourth-order valence-corrected chi connectivity index (χ4v) is 2.96. The van der Waals surface area contributed by atoms with Crippen molar-refractivity contribution in [3.05, 3.63) is 11.9 Å². The molecule has 0 aromatic carbocycles. The third-order valence-corrected chi connectivity index (χ3v) is 3.65. The highest BCUT2D eigenvalue weighted by Gasteiger charge is 2.31. The van der Waals surface area contributed by atoms with Crippen LogP contribution in [0.15, 0.2) is 11.1 Å². The van der Waals surface area contributed by atoms with E-state index in [1.807, 2.05) is 6.20 Å². The van der Waals surface area contributed by atoms with Crippen molar-refractivity contribution in [1.29, 1.82) is 0 Å². The first-order valence-electron chi connectivity index (χ1n) is 4.76. The number of rotatable bonds is 1. The summed E-state index contributed by atoms with van der Waals surface area (Å²) < 4.78 is 1.78. The number of hydrogen-bond acceptors (Lipinski definition) is 3. The second-order valence-electron chi connectivity index (χ2n) is 4.35. The van der Waals surface area contributed by atoms with Crippen LogP contribution in [0.25, 0.3) is 0 Å². The Kier molecular flexibility index (Phi) is 2.22. The zero-order chi connectivity index (χ0) is 11.2. The van der Waals surface area contributed by atoms with E-state index in [1.165, 1.54) is 0 Å². The van der Waals surface area contributed by atoms with Crippen LogP contribution in [0.3, 0.4) is 0 Å². The Morgan fingerprint density at radius 2 is 2.33 bits per heavy atom. The summed E-state index contributed by atoms with van der Waals surface area (Å²) in [6.45, 7) is 5.07. The first kappa shape index (κ1) is 10.4. The number of aromatic carboxylic acids is 1. The molecule has 0 aliphatic carbocycles. The largest absolute Gasteiger partial charge is 0.477 e. The number of nitrogens with one attached hydrogen (secondary N) is 1. The van der Waals surface area contributed by atoms with Crippen LogP contribution in [0.2, 0.25) is 0 Å². The van der Waals surface area contributed by atoms with Gasteiger partial charge >= 0.3 is 5.97 Å². The maximum atomic E-state index is 11.0. The van der Waals surface area contributed by atoms with Gasteiger partial charge in [0.05, 0.1) is 5.69 Å². The van der Waals surface area contributed by atoms with Crippen molar-refractivity contribution in [1.82, 2.24) is 4.57 Å². The molecule has 0 fully saturated rings. The van der Waals surface area contributed by atoms with E-state index in [0.717, 1.165) is 17.1 Å². The Morgan fingerprint density at radius 3 is 2.93 bits per heavy atom. The topological polar surface area (TPSA) is 54.3 Å². The van der Waals surface area contributed by atoms with E-state index in [-0.39, 0.29) is 4.75 Å². The molecule has 4 nitrogen and oxygen atoms in total. The fraction of sp³-hybridized carbons (Fsp3) is 0.500. The van der Waals surface area contributed by atoms with Crippen molar-refractivity contribution in [3.63, 3.8) is 0 Å². The summed E-state index contributed by atoms with van der Waals surface area (Å²) in [7, 11) is 1.76. The number of hydrogen-bond donors (Lipinski definition) is 2. The maximum Gasteiger partial charge on any atom is 0.354 e. The lowest BCUT2D eigenvalue weighted by Crippen LogP contribution is -2.30. The SMILES string of the molecule is Cn1cc2c(c1C(=O)O)NCC(C)(C)S2. The van der Waals surface area contributed by atoms with E-state index in [9.17, 15) is 4.79 Å². The number of nitrogens with zero attached hydrogens (tertiary/aromatic N) is 1. The molecule has 2 N–H and O–H groups in total. The van der Waals surface area contributed by atoms with Crippen LogP contribution in [0.5, 0.6) is 0 Å². The molecular formula is C10H14N2O2S. The molecule has 0 amide bonds.